The van der Waals surface area contributed by atoms with Crippen molar-refractivity contribution < 1.29 is 36.2 Å². The monoisotopic (exact) mass is 272 g/mol. The summed E-state index contributed by atoms with van der Waals surface area (Å²) in [5.74, 6) is -1.71. The first-order valence-corrected chi connectivity index (χ1v) is 6.63. The average molecular weight is 272 g/mol. The quantitative estimate of drug-likeness (QED) is 0.502. The Bertz CT molecular complexity index is 532. The maximum Gasteiger partial charge on any atom is 0.292 e. The molecule has 0 aromatic heterocycles. The van der Waals surface area contributed by atoms with Crippen LogP contribution in [0, 0.1) is 0 Å². The Morgan fingerprint density at radius 1 is 1.06 bits per heavy atom. The summed E-state index contributed by atoms with van der Waals surface area (Å²) in [5, 5.41) is 18.1. The minimum atomic E-state index is -5.29. The normalized spacial score (nSPS) is 21.1. The summed E-state index contributed by atoms with van der Waals surface area (Å²) >= 11 is 0. The molecule has 0 aromatic rings. The molecule has 0 aliphatic heterocycles. The van der Waals surface area contributed by atoms with Gasteiger partial charge in [-0.25, -0.2) is 0 Å². The smallest absolute Gasteiger partial charge is 0.292 e. The molecule has 92 valence electrons. The van der Waals surface area contributed by atoms with Crippen molar-refractivity contribution in [3.8, 4) is 0 Å². The lowest BCUT2D eigenvalue weighted by Gasteiger charge is -2.26. The summed E-state index contributed by atoms with van der Waals surface area (Å²) in [6, 6.07) is 0. The second kappa shape index (κ2) is 3.45. The first kappa shape index (κ1) is 13.0. The summed E-state index contributed by atoms with van der Waals surface area (Å²) < 4.78 is 58.3. The summed E-state index contributed by atoms with van der Waals surface area (Å²) in [4.78, 5) is 0. The molecule has 0 amide bonds. The molecule has 0 spiro atoms. The fraction of sp³-hybridized carbons (Fsp3) is 0.333. The average Bonchev–Trinajstić information content (AvgIpc) is 1.97. The highest BCUT2D eigenvalue weighted by atomic mass is 32.3. The third kappa shape index (κ3) is 1.91. The van der Waals surface area contributed by atoms with Crippen molar-refractivity contribution in [1.29, 1.82) is 0 Å². The number of aliphatic hydroxyl groups excluding tert-OH is 2. The number of hydrogen-bond acceptors (Lipinski definition) is 6. The van der Waals surface area contributed by atoms with E-state index in [9.17, 15) is 16.8 Å². The fourth-order valence-corrected chi connectivity index (χ4v) is 3.52. The van der Waals surface area contributed by atoms with Gasteiger partial charge in [-0.1, -0.05) is 0 Å². The molecule has 4 N–H and O–H groups in total. The third-order valence-electron chi connectivity index (χ3n) is 1.98. The molecule has 0 saturated carbocycles. The standard InChI is InChI=1S/C6H8O8S2/c7-4-1-5(8)3-6(2-4,15(9,10)11)16(12,13)14/h1-2,7-8H,3H2,(H,9,10,11)(H,12,13,14). The SMILES string of the molecule is O=S(=O)(O)C1(S(=O)(=O)O)C=C(O)C=C(O)C1. The number of rotatable bonds is 2. The fourth-order valence-electron chi connectivity index (χ4n) is 1.26. The van der Waals surface area contributed by atoms with Crippen molar-refractivity contribution in [3.05, 3.63) is 23.7 Å². The van der Waals surface area contributed by atoms with Gasteiger partial charge >= 0.3 is 0 Å². The maximum atomic E-state index is 11.0. The van der Waals surface area contributed by atoms with Crippen LogP contribution in [0.5, 0.6) is 0 Å². The van der Waals surface area contributed by atoms with Crippen molar-refractivity contribution >= 4 is 20.2 Å². The predicted molar refractivity (Wildman–Crippen MR) is 51.9 cm³/mol. The van der Waals surface area contributed by atoms with Crippen LogP contribution in [-0.4, -0.2) is 40.2 Å². The Labute approximate surface area is 91.0 Å². The molecular weight excluding hydrogens is 264 g/mol. The summed E-state index contributed by atoms with van der Waals surface area (Å²) in [6.45, 7) is 0. The zero-order valence-corrected chi connectivity index (χ0v) is 9.23. The van der Waals surface area contributed by atoms with E-state index in [0.29, 0.717) is 6.08 Å². The highest BCUT2D eigenvalue weighted by Crippen LogP contribution is 2.35. The van der Waals surface area contributed by atoms with Gasteiger partial charge in [-0.05, 0) is 6.08 Å². The van der Waals surface area contributed by atoms with Crippen molar-refractivity contribution in [2.24, 2.45) is 0 Å². The second-order valence-electron chi connectivity index (χ2n) is 3.14. The molecule has 0 saturated heterocycles. The number of aliphatic hydroxyl groups is 2. The molecular formula is C6H8O8S2. The van der Waals surface area contributed by atoms with Crippen molar-refractivity contribution in [2.45, 2.75) is 10.5 Å². The van der Waals surface area contributed by atoms with E-state index in [2.05, 4.69) is 0 Å². The lowest BCUT2D eigenvalue weighted by Crippen LogP contribution is -2.45. The van der Waals surface area contributed by atoms with Gasteiger partial charge < -0.3 is 10.2 Å². The van der Waals surface area contributed by atoms with E-state index in [1.165, 1.54) is 0 Å². The number of allylic oxidation sites excluding steroid dienone is 2. The summed E-state index contributed by atoms with van der Waals surface area (Å²) in [7, 11) is -10.6. The van der Waals surface area contributed by atoms with Crippen LogP contribution in [0.3, 0.4) is 0 Å². The van der Waals surface area contributed by atoms with Gasteiger partial charge in [0.1, 0.15) is 5.76 Å². The molecule has 0 unspecified atom stereocenters. The molecule has 1 aliphatic rings. The predicted octanol–water partition coefficient (Wildman–Crippen LogP) is -0.254. The van der Waals surface area contributed by atoms with Crippen LogP contribution in [0.15, 0.2) is 23.7 Å². The highest BCUT2D eigenvalue weighted by Gasteiger charge is 2.55. The Balaban J connectivity index is 3.62. The van der Waals surface area contributed by atoms with Crippen LogP contribution in [-0.2, 0) is 20.2 Å². The van der Waals surface area contributed by atoms with E-state index in [4.69, 9.17) is 19.3 Å². The lowest BCUT2D eigenvalue weighted by atomic mass is 10.1. The molecule has 0 atom stereocenters. The van der Waals surface area contributed by atoms with Gasteiger partial charge in [0.2, 0.25) is 0 Å². The number of hydrogen-bond donors (Lipinski definition) is 4. The largest absolute Gasteiger partial charge is 0.512 e. The van der Waals surface area contributed by atoms with Crippen LogP contribution >= 0.6 is 0 Å². The van der Waals surface area contributed by atoms with Gasteiger partial charge in [0, 0.05) is 12.5 Å². The highest BCUT2D eigenvalue weighted by molar-refractivity contribution is 8.05. The first-order valence-electron chi connectivity index (χ1n) is 3.75. The van der Waals surface area contributed by atoms with E-state index in [1.54, 1.807) is 0 Å². The molecule has 1 aliphatic carbocycles. The van der Waals surface area contributed by atoms with Gasteiger partial charge in [0.05, 0.1) is 5.76 Å². The zero-order chi connectivity index (χ0) is 12.8. The molecule has 0 bridgehead atoms. The summed E-state index contributed by atoms with van der Waals surface area (Å²) in [6.07, 6.45) is -0.166. The van der Waals surface area contributed by atoms with Crippen molar-refractivity contribution in [3.63, 3.8) is 0 Å². The molecule has 1 rings (SSSR count). The van der Waals surface area contributed by atoms with E-state index >= 15 is 0 Å². The van der Waals surface area contributed by atoms with Crippen molar-refractivity contribution in [1.82, 2.24) is 0 Å². The molecule has 8 nitrogen and oxygen atoms in total. The Hall–Kier alpha value is -1.10. The van der Waals surface area contributed by atoms with Gasteiger partial charge in [0.15, 0.2) is 0 Å². The Kier molecular flexibility index (Phi) is 2.79. The topological polar surface area (TPSA) is 149 Å². The first-order chi connectivity index (χ1) is 6.99. The second-order valence-corrected chi connectivity index (χ2v) is 6.76. The molecule has 0 aromatic carbocycles. The van der Waals surface area contributed by atoms with Gasteiger partial charge in [-0.2, -0.15) is 16.8 Å². The molecule has 10 heteroatoms. The van der Waals surface area contributed by atoms with Crippen molar-refractivity contribution in [2.75, 3.05) is 0 Å². The van der Waals surface area contributed by atoms with Crippen LogP contribution < -0.4 is 0 Å². The van der Waals surface area contributed by atoms with Gasteiger partial charge in [-0.3, -0.25) is 9.11 Å². The van der Waals surface area contributed by atoms with E-state index in [-0.39, 0.29) is 6.08 Å². The van der Waals surface area contributed by atoms with Crippen LogP contribution in [0.1, 0.15) is 6.42 Å². The van der Waals surface area contributed by atoms with E-state index < -0.39 is 42.3 Å². The Morgan fingerprint density at radius 3 is 1.81 bits per heavy atom. The minimum Gasteiger partial charge on any atom is -0.512 e. The zero-order valence-electron chi connectivity index (χ0n) is 7.60. The maximum absolute atomic E-state index is 11.0. The van der Waals surface area contributed by atoms with E-state index in [0.717, 1.165) is 0 Å². The van der Waals surface area contributed by atoms with Gasteiger partial charge in [-0.15, -0.1) is 0 Å². The minimum absolute atomic E-state index is 0.234. The van der Waals surface area contributed by atoms with Gasteiger partial charge in [0.25, 0.3) is 24.3 Å². The molecule has 0 fully saturated rings. The van der Waals surface area contributed by atoms with Crippen LogP contribution in [0.4, 0.5) is 0 Å². The third-order valence-corrected chi connectivity index (χ3v) is 5.52. The van der Waals surface area contributed by atoms with E-state index in [1.807, 2.05) is 0 Å². The summed E-state index contributed by atoms with van der Waals surface area (Å²) in [5.41, 5.74) is 0. The molecule has 0 heterocycles. The molecule has 16 heavy (non-hydrogen) atoms. The van der Waals surface area contributed by atoms with Crippen LogP contribution in [0.2, 0.25) is 0 Å². The lowest BCUT2D eigenvalue weighted by molar-refractivity contribution is 0.344. The Morgan fingerprint density at radius 2 is 1.50 bits per heavy atom. The van der Waals surface area contributed by atoms with Crippen LogP contribution in [0.25, 0.3) is 0 Å². The molecule has 0 radical (unpaired) electrons.